The zero-order valence-corrected chi connectivity index (χ0v) is 13.3. The molecule has 0 bridgehead atoms. The molecule has 2 rings (SSSR count). The largest absolute Gasteiger partial charge is 0.451 e. The Kier molecular flexibility index (Phi) is 5.18. The van der Waals surface area contributed by atoms with Crippen LogP contribution in [0, 0.1) is 11.8 Å². The standard InChI is InChI=1S/C17H20FN3O/c1-12(18)9-13-10-14(20-17(13)19-2)5-6-15-7-8-16(22-15)11-21(3)4/h7-10,12H,11H2,1-4H3,(H,19,20)/b13-9-. The van der Waals surface area contributed by atoms with Gasteiger partial charge < -0.3 is 14.6 Å². The monoisotopic (exact) mass is 301 g/mol. The molecule has 5 heteroatoms. The van der Waals surface area contributed by atoms with Crippen molar-refractivity contribution < 1.29 is 8.81 Å². The third-order valence-corrected chi connectivity index (χ3v) is 2.91. The van der Waals surface area contributed by atoms with Crippen molar-refractivity contribution in [2.75, 3.05) is 21.1 Å². The van der Waals surface area contributed by atoms with E-state index in [0.717, 1.165) is 17.9 Å². The van der Waals surface area contributed by atoms with Crippen LogP contribution in [0.2, 0.25) is 0 Å². The normalized spacial score (nSPS) is 19.1. The van der Waals surface area contributed by atoms with Crippen molar-refractivity contribution in [3.8, 4) is 11.8 Å². The zero-order valence-electron chi connectivity index (χ0n) is 13.3. The van der Waals surface area contributed by atoms with E-state index in [9.17, 15) is 4.39 Å². The molecule has 0 fully saturated rings. The molecule has 1 aliphatic rings. The molecule has 0 radical (unpaired) electrons. The predicted octanol–water partition coefficient (Wildman–Crippen LogP) is 2.49. The second kappa shape index (κ2) is 7.10. The van der Waals surface area contributed by atoms with Crippen LogP contribution >= 0.6 is 0 Å². The van der Waals surface area contributed by atoms with E-state index in [1.54, 1.807) is 13.1 Å². The summed E-state index contributed by atoms with van der Waals surface area (Å²) in [4.78, 5) is 6.11. The van der Waals surface area contributed by atoms with Crippen molar-refractivity contribution in [2.24, 2.45) is 4.99 Å². The molecule has 0 aromatic carbocycles. The number of amidine groups is 1. The van der Waals surface area contributed by atoms with Gasteiger partial charge in [0, 0.05) is 12.6 Å². The quantitative estimate of drug-likeness (QED) is 0.872. The average Bonchev–Trinajstić information content (AvgIpc) is 3.02. The van der Waals surface area contributed by atoms with Gasteiger partial charge in [-0.2, -0.15) is 0 Å². The summed E-state index contributed by atoms with van der Waals surface area (Å²) in [5.74, 6) is 8.03. The van der Waals surface area contributed by atoms with E-state index < -0.39 is 6.17 Å². The van der Waals surface area contributed by atoms with Crippen LogP contribution in [0.1, 0.15) is 18.4 Å². The molecular formula is C17H20FN3O. The molecule has 1 atom stereocenters. The van der Waals surface area contributed by atoms with Gasteiger partial charge >= 0.3 is 0 Å². The van der Waals surface area contributed by atoms with Crippen LogP contribution < -0.4 is 5.32 Å². The van der Waals surface area contributed by atoms with E-state index in [0.29, 0.717) is 17.3 Å². The van der Waals surface area contributed by atoms with E-state index in [1.165, 1.54) is 13.0 Å². The summed E-state index contributed by atoms with van der Waals surface area (Å²) >= 11 is 0. The highest BCUT2D eigenvalue weighted by molar-refractivity contribution is 6.05. The minimum Gasteiger partial charge on any atom is -0.451 e. The molecule has 1 unspecified atom stereocenters. The van der Waals surface area contributed by atoms with Crippen LogP contribution in [0.15, 0.2) is 45.0 Å². The Morgan fingerprint density at radius 2 is 2.18 bits per heavy atom. The predicted molar refractivity (Wildman–Crippen MR) is 86.2 cm³/mol. The first-order valence-electron chi connectivity index (χ1n) is 7.05. The molecular weight excluding hydrogens is 281 g/mol. The van der Waals surface area contributed by atoms with Crippen molar-refractivity contribution in [1.29, 1.82) is 0 Å². The number of nitrogens with zero attached hydrogens (tertiary/aromatic N) is 2. The van der Waals surface area contributed by atoms with Gasteiger partial charge in [0.15, 0.2) is 5.76 Å². The van der Waals surface area contributed by atoms with Crippen LogP contribution in [0.5, 0.6) is 0 Å². The number of hydrogen-bond acceptors (Lipinski definition) is 3. The Morgan fingerprint density at radius 3 is 2.82 bits per heavy atom. The Hall–Kier alpha value is -2.32. The van der Waals surface area contributed by atoms with Crippen LogP contribution in [0.25, 0.3) is 0 Å². The molecule has 116 valence electrons. The van der Waals surface area contributed by atoms with Crippen molar-refractivity contribution in [3.05, 3.63) is 47.1 Å². The van der Waals surface area contributed by atoms with Crippen LogP contribution in [-0.4, -0.2) is 38.1 Å². The third kappa shape index (κ3) is 4.34. The number of hydrogen-bond donors (Lipinski definition) is 1. The first-order valence-corrected chi connectivity index (χ1v) is 7.05. The lowest BCUT2D eigenvalue weighted by molar-refractivity contribution is 0.348. The molecule has 0 spiro atoms. The summed E-state index contributed by atoms with van der Waals surface area (Å²) in [6.45, 7) is 2.21. The lowest BCUT2D eigenvalue weighted by atomic mass is 10.2. The van der Waals surface area contributed by atoms with E-state index in [4.69, 9.17) is 4.42 Å². The van der Waals surface area contributed by atoms with E-state index in [1.807, 2.05) is 31.1 Å². The third-order valence-electron chi connectivity index (χ3n) is 2.91. The molecule has 0 saturated carbocycles. The summed E-state index contributed by atoms with van der Waals surface area (Å²) in [6, 6.07) is 3.76. The van der Waals surface area contributed by atoms with Crippen molar-refractivity contribution in [3.63, 3.8) is 0 Å². The van der Waals surface area contributed by atoms with Gasteiger partial charge in [0.05, 0.1) is 12.2 Å². The van der Waals surface area contributed by atoms with Gasteiger partial charge in [-0.25, -0.2) is 4.39 Å². The number of halogens is 1. The second-order valence-electron chi connectivity index (χ2n) is 5.31. The van der Waals surface area contributed by atoms with Gasteiger partial charge in [-0.15, -0.1) is 0 Å². The Labute approximate surface area is 130 Å². The van der Waals surface area contributed by atoms with Crippen LogP contribution in [0.4, 0.5) is 4.39 Å². The maximum Gasteiger partial charge on any atom is 0.177 e. The highest BCUT2D eigenvalue weighted by Crippen LogP contribution is 2.14. The first-order chi connectivity index (χ1) is 10.5. The van der Waals surface area contributed by atoms with Crippen LogP contribution in [0.3, 0.4) is 0 Å². The minimum absolute atomic E-state index is 0.603. The zero-order chi connectivity index (χ0) is 16.1. The number of nitrogens with one attached hydrogen (secondary N) is 1. The van der Waals surface area contributed by atoms with Gasteiger partial charge in [0.1, 0.15) is 17.8 Å². The number of rotatable bonds is 3. The highest BCUT2D eigenvalue weighted by atomic mass is 19.1. The maximum absolute atomic E-state index is 13.1. The van der Waals surface area contributed by atoms with Gasteiger partial charge in [-0.05, 0) is 57.1 Å². The number of allylic oxidation sites excluding steroid dienone is 2. The summed E-state index contributed by atoms with van der Waals surface area (Å²) in [6.07, 6.45) is 2.26. The SMILES string of the molecule is C/N=C1/NC(C#Cc2ccc(CN(C)C)o2)=C/C1=C/C(C)F. The van der Waals surface area contributed by atoms with Gasteiger partial charge in [0.25, 0.3) is 0 Å². The van der Waals surface area contributed by atoms with Gasteiger partial charge in [0.2, 0.25) is 0 Å². The van der Waals surface area contributed by atoms with Crippen molar-refractivity contribution in [2.45, 2.75) is 19.6 Å². The van der Waals surface area contributed by atoms with Gasteiger partial charge in [-0.1, -0.05) is 0 Å². The van der Waals surface area contributed by atoms with E-state index in [-0.39, 0.29) is 0 Å². The molecule has 0 aliphatic carbocycles. The highest BCUT2D eigenvalue weighted by Gasteiger charge is 2.15. The first kappa shape index (κ1) is 16.1. The van der Waals surface area contributed by atoms with Crippen molar-refractivity contribution in [1.82, 2.24) is 10.2 Å². The molecule has 4 nitrogen and oxygen atoms in total. The molecule has 0 saturated heterocycles. The average molecular weight is 301 g/mol. The summed E-state index contributed by atoms with van der Waals surface area (Å²) < 4.78 is 18.7. The van der Waals surface area contributed by atoms with Crippen molar-refractivity contribution >= 4 is 5.84 Å². The molecule has 1 aromatic rings. The fraction of sp³-hybridized carbons (Fsp3) is 0.353. The fourth-order valence-electron chi connectivity index (χ4n) is 2.06. The molecule has 22 heavy (non-hydrogen) atoms. The smallest absolute Gasteiger partial charge is 0.177 e. The summed E-state index contributed by atoms with van der Waals surface area (Å²) in [7, 11) is 5.61. The lowest BCUT2D eigenvalue weighted by Gasteiger charge is -2.04. The topological polar surface area (TPSA) is 40.8 Å². The van der Waals surface area contributed by atoms with Crippen LogP contribution in [-0.2, 0) is 6.54 Å². The molecule has 1 N–H and O–H groups in total. The number of aliphatic imine (C=N–C) groups is 1. The molecule has 0 amide bonds. The number of alkyl halides is 1. The fourth-order valence-corrected chi connectivity index (χ4v) is 2.06. The Morgan fingerprint density at radius 1 is 1.41 bits per heavy atom. The van der Waals surface area contributed by atoms with Gasteiger partial charge in [-0.3, -0.25) is 4.99 Å². The Bertz CT molecular complexity index is 684. The second-order valence-corrected chi connectivity index (χ2v) is 5.31. The molecule has 2 heterocycles. The molecule has 1 aliphatic heterocycles. The molecule has 1 aromatic heterocycles. The summed E-state index contributed by atoms with van der Waals surface area (Å²) in [5.41, 5.74) is 1.40. The maximum atomic E-state index is 13.1. The minimum atomic E-state index is -1.03. The van der Waals surface area contributed by atoms with E-state index >= 15 is 0 Å². The Balaban J connectivity index is 2.13. The number of furan rings is 1. The summed E-state index contributed by atoms with van der Waals surface area (Å²) in [5, 5.41) is 3.06. The van der Waals surface area contributed by atoms with E-state index in [2.05, 4.69) is 22.2 Å². The lowest BCUT2D eigenvalue weighted by Crippen LogP contribution is -2.17.